The first-order valence-electron chi connectivity index (χ1n) is 6.49. The SMILES string of the molecule is COc1cc(OC)c(NC(=O)Cc2cccc(F)c2)cc1Cl. The third-order valence-corrected chi connectivity index (χ3v) is 3.30. The van der Waals surface area contributed by atoms with Crippen molar-refractivity contribution >= 4 is 23.2 Å². The minimum absolute atomic E-state index is 0.0462. The first-order valence-corrected chi connectivity index (χ1v) is 6.87. The van der Waals surface area contributed by atoms with Gasteiger partial charge in [0.25, 0.3) is 0 Å². The highest BCUT2D eigenvalue weighted by Crippen LogP contribution is 2.35. The quantitative estimate of drug-likeness (QED) is 0.913. The molecule has 2 rings (SSSR count). The Labute approximate surface area is 132 Å². The van der Waals surface area contributed by atoms with Gasteiger partial charge in [0.2, 0.25) is 5.91 Å². The van der Waals surface area contributed by atoms with Crippen molar-refractivity contribution in [2.75, 3.05) is 19.5 Å². The summed E-state index contributed by atoms with van der Waals surface area (Å²) in [5, 5.41) is 3.05. The van der Waals surface area contributed by atoms with Crippen LogP contribution in [0, 0.1) is 5.82 Å². The normalized spacial score (nSPS) is 10.2. The maximum absolute atomic E-state index is 13.1. The zero-order chi connectivity index (χ0) is 16.1. The molecule has 2 aromatic rings. The lowest BCUT2D eigenvalue weighted by atomic mass is 10.1. The molecule has 0 heterocycles. The van der Waals surface area contributed by atoms with Crippen LogP contribution in [0.25, 0.3) is 0 Å². The molecule has 0 aliphatic rings. The van der Waals surface area contributed by atoms with Crippen LogP contribution in [0.15, 0.2) is 36.4 Å². The van der Waals surface area contributed by atoms with Gasteiger partial charge in [0.1, 0.15) is 17.3 Å². The van der Waals surface area contributed by atoms with Gasteiger partial charge >= 0.3 is 0 Å². The van der Waals surface area contributed by atoms with Crippen LogP contribution in [-0.2, 0) is 11.2 Å². The summed E-state index contributed by atoms with van der Waals surface area (Å²) in [6, 6.07) is 9.01. The third-order valence-electron chi connectivity index (χ3n) is 3.00. The molecular formula is C16H15ClFNO3. The van der Waals surface area contributed by atoms with Gasteiger partial charge in [-0.1, -0.05) is 23.7 Å². The summed E-state index contributed by atoms with van der Waals surface area (Å²) < 4.78 is 23.4. The molecule has 116 valence electrons. The Morgan fingerprint density at radius 2 is 1.91 bits per heavy atom. The summed E-state index contributed by atoms with van der Waals surface area (Å²) in [5.41, 5.74) is 1.01. The first kappa shape index (κ1) is 16.1. The van der Waals surface area contributed by atoms with E-state index in [-0.39, 0.29) is 18.1 Å². The number of amides is 1. The predicted octanol–water partition coefficient (Wildman–Crippen LogP) is 3.68. The van der Waals surface area contributed by atoms with Crippen LogP contribution in [0.3, 0.4) is 0 Å². The van der Waals surface area contributed by atoms with Crippen LogP contribution in [0.4, 0.5) is 10.1 Å². The zero-order valence-corrected chi connectivity index (χ0v) is 12.9. The molecule has 0 saturated heterocycles. The van der Waals surface area contributed by atoms with E-state index in [1.165, 1.54) is 26.4 Å². The number of methoxy groups -OCH3 is 2. The van der Waals surface area contributed by atoms with Gasteiger partial charge in [0, 0.05) is 6.07 Å². The van der Waals surface area contributed by atoms with Crippen molar-refractivity contribution in [3.8, 4) is 11.5 Å². The van der Waals surface area contributed by atoms with Gasteiger partial charge in [0.15, 0.2) is 0 Å². The Morgan fingerprint density at radius 3 is 2.55 bits per heavy atom. The molecule has 0 aliphatic carbocycles. The molecule has 6 heteroatoms. The molecular weight excluding hydrogens is 309 g/mol. The number of carbonyl (C=O) groups excluding carboxylic acids is 1. The molecule has 0 aromatic heterocycles. The van der Waals surface area contributed by atoms with Crippen LogP contribution < -0.4 is 14.8 Å². The van der Waals surface area contributed by atoms with E-state index < -0.39 is 0 Å². The van der Waals surface area contributed by atoms with Crippen LogP contribution in [0.5, 0.6) is 11.5 Å². The van der Waals surface area contributed by atoms with Crippen molar-refractivity contribution in [3.63, 3.8) is 0 Å². The number of nitrogens with one attached hydrogen (secondary N) is 1. The van der Waals surface area contributed by atoms with E-state index in [2.05, 4.69) is 5.32 Å². The maximum Gasteiger partial charge on any atom is 0.228 e. The molecule has 22 heavy (non-hydrogen) atoms. The number of carbonyl (C=O) groups is 1. The fraction of sp³-hybridized carbons (Fsp3) is 0.188. The van der Waals surface area contributed by atoms with Gasteiger partial charge in [-0.15, -0.1) is 0 Å². The average molecular weight is 324 g/mol. The predicted molar refractivity (Wildman–Crippen MR) is 83.3 cm³/mol. The van der Waals surface area contributed by atoms with Gasteiger partial charge in [-0.05, 0) is 23.8 Å². The molecule has 0 aliphatic heterocycles. The van der Waals surface area contributed by atoms with Gasteiger partial charge < -0.3 is 14.8 Å². The lowest BCUT2D eigenvalue weighted by Crippen LogP contribution is -2.15. The lowest BCUT2D eigenvalue weighted by molar-refractivity contribution is -0.115. The van der Waals surface area contributed by atoms with Crippen molar-refractivity contribution in [1.29, 1.82) is 0 Å². The van der Waals surface area contributed by atoms with Gasteiger partial charge in [-0.2, -0.15) is 0 Å². The lowest BCUT2D eigenvalue weighted by Gasteiger charge is -2.13. The number of anilines is 1. The molecule has 0 fully saturated rings. The van der Waals surface area contributed by atoms with Crippen LogP contribution in [0.1, 0.15) is 5.56 Å². The fourth-order valence-electron chi connectivity index (χ4n) is 1.98. The number of benzene rings is 2. The molecule has 0 spiro atoms. The highest BCUT2D eigenvalue weighted by molar-refractivity contribution is 6.32. The van der Waals surface area contributed by atoms with E-state index >= 15 is 0 Å². The Bertz CT molecular complexity index is 691. The van der Waals surface area contributed by atoms with Crippen molar-refractivity contribution < 1.29 is 18.7 Å². The second-order valence-corrected chi connectivity index (χ2v) is 4.95. The van der Waals surface area contributed by atoms with E-state index in [0.29, 0.717) is 27.8 Å². The smallest absolute Gasteiger partial charge is 0.228 e. The van der Waals surface area contributed by atoms with Crippen LogP contribution in [-0.4, -0.2) is 20.1 Å². The van der Waals surface area contributed by atoms with Crippen molar-refractivity contribution in [1.82, 2.24) is 0 Å². The van der Waals surface area contributed by atoms with Gasteiger partial charge in [0.05, 0.1) is 31.4 Å². The summed E-state index contributed by atoms with van der Waals surface area (Å²) in [6.45, 7) is 0. The summed E-state index contributed by atoms with van der Waals surface area (Å²) in [6.07, 6.45) is 0.0462. The summed E-state index contributed by atoms with van der Waals surface area (Å²) in [4.78, 5) is 12.1. The highest BCUT2D eigenvalue weighted by Gasteiger charge is 2.13. The highest BCUT2D eigenvalue weighted by atomic mass is 35.5. The number of halogens is 2. The molecule has 0 bridgehead atoms. The second kappa shape index (κ2) is 7.13. The molecule has 0 atom stereocenters. The molecule has 1 amide bonds. The van der Waals surface area contributed by atoms with Crippen molar-refractivity contribution in [2.45, 2.75) is 6.42 Å². The average Bonchev–Trinajstić information content (AvgIpc) is 2.47. The van der Waals surface area contributed by atoms with E-state index in [1.54, 1.807) is 24.3 Å². The monoisotopic (exact) mass is 323 g/mol. The fourth-order valence-corrected chi connectivity index (χ4v) is 2.23. The molecule has 4 nitrogen and oxygen atoms in total. The molecule has 2 aromatic carbocycles. The standard InChI is InChI=1S/C16H15ClFNO3/c1-21-14-9-15(22-2)13(8-12(14)17)19-16(20)7-10-4-3-5-11(18)6-10/h3-6,8-9H,7H2,1-2H3,(H,19,20). The summed E-state index contributed by atoms with van der Waals surface area (Å²) >= 11 is 6.04. The van der Waals surface area contributed by atoms with Crippen LogP contribution in [0.2, 0.25) is 5.02 Å². The van der Waals surface area contributed by atoms with E-state index in [0.717, 1.165) is 0 Å². The Kier molecular flexibility index (Phi) is 5.22. The van der Waals surface area contributed by atoms with E-state index in [4.69, 9.17) is 21.1 Å². The second-order valence-electron chi connectivity index (χ2n) is 4.54. The number of hydrogen-bond donors (Lipinski definition) is 1. The maximum atomic E-state index is 13.1. The number of hydrogen-bond acceptors (Lipinski definition) is 3. The zero-order valence-electron chi connectivity index (χ0n) is 12.2. The molecule has 0 saturated carbocycles. The molecule has 0 unspecified atom stereocenters. The summed E-state index contributed by atoms with van der Waals surface area (Å²) in [5.74, 6) is 0.191. The van der Waals surface area contributed by atoms with E-state index in [9.17, 15) is 9.18 Å². The molecule has 1 N–H and O–H groups in total. The Balaban J connectivity index is 2.16. The Morgan fingerprint density at radius 1 is 1.18 bits per heavy atom. The minimum Gasteiger partial charge on any atom is -0.495 e. The van der Waals surface area contributed by atoms with E-state index in [1.807, 2.05) is 0 Å². The number of ether oxygens (including phenoxy) is 2. The third kappa shape index (κ3) is 3.89. The summed E-state index contributed by atoms with van der Waals surface area (Å²) in [7, 11) is 2.97. The topological polar surface area (TPSA) is 47.6 Å². The van der Waals surface area contributed by atoms with Crippen molar-refractivity contribution in [3.05, 3.63) is 52.8 Å². The van der Waals surface area contributed by atoms with Gasteiger partial charge in [-0.25, -0.2) is 4.39 Å². The largest absolute Gasteiger partial charge is 0.495 e. The molecule has 0 radical (unpaired) electrons. The van der Waals surface area contributed by atoms with Crippen LogP contribution >= 0.6 is 11.6 Å². The van der Waals surface area contributed by atoms with Crippen molar-refractivity contribution in [2.24, 2.45) is 0 Å². The first-order chi connectivity index (χ1) is 10.5. The Hall–Kier alpha value is -2.27. The minimum atomic E-state index is -0.379. The van der Waals surface area contributed by atoms with Gasteiger partial charge in [-0.3, -0.25) is 4.79 Å². The number of rotatable bonds is 5.